The van der Waals surface area contributed by atoms with Crippen molar-refractivity contribution in [2.45, 2.75) is 43.9 Å². The second kappa shape index (κ2) is 8.08. The topological polar surface area (TPSA) is 83.3 Å². The molecule has 0 radical (unpaired) electrons. The molecule has 2 unspecified atom stereocenters. The first-order chi connectivity index (χ1) is 12.9. The zero-order valence-corrected chi connectivity index (χ0v) is 14.8. The van der Waals surface area contributed by atoms with Crippen molar-refractivity contribution in [3.8, 4) is 0 Å². The number of aliphatic hydroxyl groups excluding tert-OH is 1. The number of fused-ring (bicyclic) bond motifs is 1. The number of aryl methyl sites for hydroxylation is 1. The molecule has 0 aromatic carbocycles. The third-order valence-corrected chi connectivity index (χ3v) is 4.85. The number of hydrogen-bond donors (Lipinski definition) is 2. The van der Waals surface area contributed by atoms with Gasteiger partial charge in [-0.3, -0.25) is 0 Å². The summed E-state index contributed by atoms with van der Waals surface area (Å²) in [5.74, 6) is -5.85. The molecule has 3 rings (SSSR count). The smallest absolute Gasteiger partial charge is 0.374 e. The lowest BCUT2D eigenvalue weighted by atomic mass is 9.93. The van der Waals surface area contributed by atoms with E-state index < -0.39 is 18.3 Å². The van der Waals surface area contributed by atoms with E-state index in [1.54, 1.807) is 0 Å². The van der Waals surface area contributed by atoms with Gasteiger partial charge in [-0.25, -0.2) is 14.8 Å². The summed E-state index contributed by atoms with van der Waals surface area (Å²) < 4.78 is 26.8. The summed E-state index contributed by atoms with van der Waals surface area (Å²) >= 11 is 0. The maximum absolute atomic E-state index is 13.4. The number of allylic oxidation sites excluding steroid dienone is 4. The van der Waals surface area contributed by atoms with Crippen LogP contribution in [0.4, 0.5) is 8.78 Å². The molecule has 1 aromatic heterocycles. The number of rotatable bonds is 7. The lowest BCUT2D eigenvalue weighted by molar-refractivity contribution is -0.165. The van der Waals surface area contributed by atoms with Crippen LogP contribution in [0.25, 0.3) is 12.2 Å². The fraction of sp³-hybridized carbons (Fsp3) is 0.450. The van der Waals surface area contributed by atoms with Gasteiger partial charge in [0.1, 0.15) is 0 Å². The van der Waals surface area contributed by atoms with Gasteiger partial charge in [0.25, 0.3) is 0 Å². The van der Waals surface area contributed by atoms with Crippen molar-refractivity contribution in [1.82, 2.24) is 9.97 Å². The van der Waals surface area contributed by atoms with E-state index >= 15 is 0 Å². The van der Waals surface area contributed by atoms with Crippen molar-refractivity contribution in [3.05, 3.63) is 46.4 Å². The molecular formula is C20H22F2N2O3. The first-order valence-electron chi connectivity index (χ1n) is 9.05. The number of carboxylic acids is 1. The predicted molar refractivity (Wildman–Crippen MR) is 96.6 cm³/mol. The summed E-state index contributed by atoms with van der Waals surface area (Å²) in [7, 11) is 0. The van der Waals surface area contributed by atoms with E-state index in [1.165, 1.54) is 0 Å². The average molecular weight is 376 g/mol. The Kier molecular flexibility index (Phi) is 5.79. The Morgan fingerprint density at radius 2 is 2.04 bits per heavy atom. The van der Waals surface area contributed by atoms with Gasteiger partial charge >= 0.3 is 11.9 Å². The summed E-state index contributed by atoms with van der Waals surface area (Å²) in [4.78, 5) is 20.0. The third kappa shape index (κ3) is 4.47. The van der Waals surface area contributed by atoms with Crippen LogP contribution in [0.3, 0.4) is 0 Å². The first-order valence-corrected chi connectivity index (χ1v) is 9.05. The van der Waals surface area contributed by atoms with E-state index in [9.17, 15) is 18.7 Å². The van der Waals surface area contributed by atoms with Crippen LogP contribution in [-0.2, 0) is 11.2 Å². The molecule has 2 aliphatic carbocycles. The zero-order chi connectivity index (χ0) is 19.4. The Balaban J connectivity index is 1.91. The molecule has 1 heterocycles. The molecule has 5 nitrogen and oxygen atoms in total. The second-order valence-corrected chi connectivity index (χ2v) is 6.89. The molecule has 27 heavy (non-hydrogen) atoms. The van der Waals surface area contributed by atoms with Crippen molar-refractivity contribution < 1.29 is 23.8 Å². The molecule has 2 atom stereocenters. The minimum Gasteiger partial charge on any atom is -0.477 e. The number of hydrogen-bond acceptors (Lipinski definition) is 4. The van der Waals surface area contributed by atoms with E-state index in [2.05, 4.69) is 4.98 Å². The van der Waals surface area contributed by atoms with Crippen LogP contribution < -0.4 is 10.7 Å². The van der Waals surface area contributed by atoms with Gasteiger partial charge in [-0.2, -0.15) is 8.78 Å². The summed E-state index contributed by atoms with van der Waals surface area (Å²) in [5, 5.41) is 19.4. The van der Waals surface area contributed by atoms with Gasteiger partial charge in [0.15, 0.2) is 0 Å². The highest BCUT2D eigenvalue weighted by atomic mass is 19.3. The van der Waals surface area contributed by atoms with Crippen LogP contribution in [-0.4, -0.2) is 38.7 Å². The third-order valence-electron chi connectivity index (χ3n) is 4.85. The maximum atomic E-state index is 13.4. The number of carboxylic acid groups (broad SMARTS) is 1. The van der Waals surface area contributed by atoms with Gasteiger partial charge in [-0.1, -0.05) is 36.5 Å². The molecule has 0 amide bonds. The molecule has 0 saturated carbocycles. The van der Waals surface area contributed by atoms with Crippen molar-refractivity contribution >= 4 is 18.1 Å². The van der Waals surface area contributed by atoms with Crippen molar-refractivity contribution in [3.63, 3.8) is 0 Å². The predicted octanol–water partition coefficient (Wildman–Crippen LogP) is 1.69. The number of aliphatic hydroxyl groups is 1. The molecule has 0 spiro atoms. The molecule has 144 valence electrons. The summed E-state index contributed by atoms with van der Waals surface area (Å²) in [5.41, 5.74) is 1.36. The Morgan fingerprint density at radius 1 is 1.22 bits per heavy atom. The molecule has 0 saturated heterocycles. The van der Waals surface area contributed by atoms with Crippen LogP contribution in [0.2, 0.25) is 0 Å². The molecular weight excluding hydrogens is 354 g/mol. The van der Waals surface area contributed by atoms with Crippen LogP contribution in [0, 0.1) is 5.92 Å². The number of nitrogens with zero attached hydrogens (tertiary/aromatic N) is 2. The van der Waals surface area contributed by atoms with Crippen molar-refractivity contribution in [2.24, 2.45) is 5.92 Å². The Bertz CT molecular complexity index is 893. The number of carbonyl (C=O) groups is 1. The summed E-state index contributed by atoms with van der Waals surface area (Å²) in [6.07, 6.45) is 12.6. The molecule has 0 bridgehead atoms. The Morgan fingerprint density at radius 3 is 2.70 bits per heavy atom. The van der Waals surface area contributed by atoms with Crippen molar-refractivity contribution in [2.75, 3.05) is 6.61 Å². The maximum Gasteiger partial charge on any atom is 0.374 e. The van der Waals surface area contributed by atoms with Gasteiger partial charge < -0.3 is 10.2 Å². The minimum atomic E-state index is -3.74. The molecule has 0 fully saturated rings. The Labute approximate surface area is 155 Å². The lowest BCUT2D eigenvalue weighted by Crippen LogP contribution is -2.38. The normalized spacial score (nSPS) is 21.3. The highest BCUT2D eigenvalue weighted by molar-refractivity contribution is 5.75. The second-order valence-electron chi connectivity index (χ2n) is 6.89. The fourth-order valence-corrected chi connectivity index (χ4v) is 3.31. The van der Waals surface area contributed by atoms with Crippen LogP contribution >= 0.6 is 0 Å². The lowest BCUT2D eigenvalue weighted by Gasteiger charge is -2.18. The fourth-order valence-electron chi connectivity index (χ4n) is 3.31. The van der Waals surface area contributed by atoms with Crippen LogP contribution in [0.5, 0.6) is 0 Å². The highest BCUT2D eigenvalue weighted by Gasteiger charge is 2.37. The molecule has 2 aliphatic rings. The molecule has 1 aromatic rings. The number of aliphatic carboxylic acids is 1. The SMILES string of the molecule is O=C(O)C(F)(F)CCCc1nc2c(nc1C1C=CC=CC1)=CCC(CO)C=2. The largest absolute Gasteiger partial charge is 0.477 e. The van der Waals surface area contributed by atoms with Gasteiger partial charge in [-0.15, -0.1) is 0 Å². The van der Waals surface area contributed by atoms with E-state index in [1.807, 2.05) is 36.5 Å². The van der Waals surface area contributed by atoms with Crippen molar-refractivity contribution in [1.29, 1.82) is 0 Å². The van der Waals surface area contributed by atoms with Gasteiger partial charge in [-0.05, 0) is 25.7 Å². The van der Waals surface area contributed by atoms with Gasteiger partial charge in [0.05, 0.1) is 22.1 Å². The standard InChI is InChI=1S/C20H22F2N2O3/c21-20(22,19(26)27)10-4-7-16-18(14-5-2-1-3-6-14)24-15-9-8-13(12-25)11-17(15)23-16/h1-3,5,9,11,13-14,25H,4,6-8,10,12H2,(H,26,27). The summed E-state index contributed by atoms with van der Waals surface area (Å²) in [6, 6.07) is 0. The summed E-state index contributed by atoms with van der Waals surface area (Å²) in [6.45, 7) is 0.00962. The number of alkyl halides is 2. The molecule has 2 N–H and O–H groups in total. The first kappa shape index (κ1) is 19.4. The molecule has 0 aliphatic heterocycles. The van der Waals surface area contributed by atoms with E-state index in [4.69, 9.17) is 10.1 Å². The highest BCUT2D eigenvalue weighted by Crippen LogP contribution is 2.26. The van der Waals surface area contributed by atoms with E-state index in [0.717, 1.165) is 17.5 Å². The monoisotopic (exact) mass is 376 g/mol. The van der Waals surface area contributed by atoms with Crippen LogP contribution in [0.15, 0.2) is 24.3 Å². The van der Waals surface area contributed by atoms with Crippen LogP contribution in [0.1, 0.15) is 43.0 Å². The van der Waals surface area contributed by atoms with E-state index in [0.29, 0.717) is 17.5 Å². The molecule has 7 heteroatoms. The number of aromatic nitrogens is 2. The minimum absolute atomic E-state index is 0.000810. The zero-order valence-electron chi connectivity index (χ0n) is 14.8. The van der Waals surface area contributed by atoms with E-state index in [-0.39, 0.29) is 31.3 Å². The average Bonchev–Trinajstić information content (AvgIpc) is 2.67. The quantitative estimate of drug-likeness (QED) is 0.757. The van der Waals surface area contributed by atoms with Gasteiger partial charge in [0, 0.05) is 24.9 Å². The Hall–Kier alpha value is -2.41. The van der Waals surface area contributed by atoms with Gasteiger partial charge in [0.2, 0.25) is 0 Å². The number of halogens is 2.